The first kappa shape index (κ1) is 19.2. The second-order valence-corrected chi connectivity index (χ2v) is 6.00. The van der Waals surface area contributed by atoms with Crippen molar-refractivity contribution in [3.63, 3.8) is 0 Å². The van der Waals surface area contributed by atoms with E-state index in [1.807, 2.05) is 42.5 Å². The molecule has 1 unspecified atom stereocenters. The van der Waals surface area contributed by atoms with Crippen LogP contribution in [-0.2, 0) is 4.79 Å². The summed E-state index contributed by atoms with van der Waals surface area (Å²) < 4.78 is 5.32. The molecule has 1 aliphatic heterocycles. The summed E-state index contributed by atoms with van der Waals surface area (Å²) in [6.45, 7) is 1.79. The Bertz CT molecular complexity index is 675. The van der Waals surface area contributed by atoms with E-state index in [1.165, 1.54) is 0 Å². The van der Waals surface area contributed by atoms with Gasteiger partial charge in [-0.15, -0.1) is 12.4 Å². The molecule has 6 heteroatoms. The smallest absolute Gasteiger partial charge is 0.224 e. The fourth-order valence-corrected chi connectivity index (χ4v) is 3.04. The number of halogens is 1. The number of benzene rings is 1. The zero-order valence-electron chi connectivity index (χ0n) is 14.3. The summed E-state index contributed by atoms with van der Waals surface area (Å²) in [6.07, 6.45) is 3.50. The van der Waals surface area contributed by atoms with Crippen LogP contribution in [0.4, 0.5) is 0 Å². The van der Waals surface area contributed by atoms with Gasteiger partial charge in [-0.25, -0.2) is 0 Å². The lowest BCUT2D eigenvalue weighted by molar-refractivity contribution is -0.126. The van der Waals surface area contributed by atoms with E-state index < -0.39 is 0 Å². The van der Waals surface area contributed by atoms with Crippen molar-refractivity contribution >= 4 is 18.3 Å². The number of carbonyl (C=O) groups excluding carboxylic acids is 1. The minimum Gasteiger partial charge on any atom is -0.497 e. The largest absolute Gasteiger partial charge is 0.497 e. The summed E-state index contributed by atoms with van der Waals surface area (Å²) in [5.41, 5.74) is 1.79. The highest BCUT2D eigenvalue weighted by Gasteiger charge is 2.25. The molecule has 1 fully saturated rings. The molecule has 0 aliphatic carbocycles. The first-order valence-electron chi connectivity index (χ1n) is 8.34. The quantitative estimate of drug-likeness (QED) is 0.859. The van der Waals surface area contributed by atoms with Gasteiger partial charge < -0.3 is 15.4 Å². The average Bonchev–Trinajstić information content (AvgIpc) is 2.67. The Morgan fingerprint density at radius 2 is 2.04 bits per heavy atom. The molecule has 0 bridgehead atoms. The van der Waals surface area contributed by atoms with Crippen LogP contribution in [0, 0.1) is 5.92 Å². The van der Waals surface area contributed by atoms with Gasteiger partial charge >= 0.3 is 0 Å². The zero-order valence-corrected chi connectivity index (χ0v) is 15.1. The molecule has 1 aromatic heterocycles. The molecule has 2 N–H and O–H groups in total. The highest BCUT2D eigenvalue weighted by molar-refractivity contribution is 5.85. The molecule has 3 rings (SSSR count). The molecular weight excluding hydrogens is 338 g/mol. The molecule has 1 aliphatic rings. The summed E-state index contributed by atoms with van der Waals surface area (Å²) in [4.78, 5) is 17.2. The molecular formula is C19H24ClN3O2. The van der Waals surface area contributed by atoms with Crippen LogP contribution in [0.25, 0.3) is 0 Å². The van der Waals surface area contributed by atoms with Crippen molar-refractivity contribution < 1.29 is 9.53 Å². The van der Waals surface area contributed by atoms with E-state index in [-0.39, 0.29) is 30.3 Å². The van der Waals surface area contributed by atoms with E-state index in [9.17, 15) is 4.79 Å². The Morgan fingerprint density at radius 3 is 2.72 bits per heavy atom. The second kappa shape index (κ2) is 9.39. The van der Waals surface area contributed by atoms with Crippen LogP contribution in [0.1, 0.15) is 30.1 Å². The number of hydrogen-bond acceptors (Lipinski definition) is 4. The van der Waals surface area contributed by atoms with E-state index in [0.29, 0.717) is 0 Å². The molecule has 1 atom stereocenters. The molecule has 1 aromatic carbocycles. The third-order valence-corrected chi connectivity index (χ3v) is 4.41. The Hall–Kier alpha value is -2.11. The lowest BCUT2D eigenvalue weighted by atomic mass is 9.95. The summed E-state index contributed by atoms with van der Waals surface area (Å²) >= 11 is 0. The number of pyridine rings is 1. The van der Waals surface area contributed by atoms with Crippen molar-refractivity contribution in [2.24, 2.45) is 5.92 Å². The van der Waals surface area contributed by atoms with Crippen molar-refractivity contribution in [2.45, 2.75) is 18.9 Å². The molecule has 134 valence electrons. The van der Waals surface area contributed by atoms with E-state index in [4.69, 9.17) is 4.74 Å². The van der Waals surface area contributed by atoms with Gasteiger partial charge in [-0.1, -0.05) is 18.2 Å². The summed E-state index contributed by atoms with van der Waals surface area (Å²) in [5, 5.41) is 6.48. The van der Waals surface area contributed by atoms with Gasteiger partial charge in [-0.05, 0) is 55.8 Å². The third kappa shape index (κ3) is 4.94. The maximum atomic E-state index is 12.7. The molecule has 2 heterocycles. The van der Waals surface area contributed by atoms with Gasteiger partial charge in [-0.3, -0.25) is 9.78 Å². The number of rotatable bonds is 5. The topological polar surface area (TPSA) is 63.2 Å². The van der Waals surface area contributed by atoms with Crippen LogP contribution < -0.4 is 15.4 Å². The SMILES string of the molecule is COc1cccc(C(NC(=O)C2CCNCC2)c2ccccn2)c1.Cl. The Balaban J connectivity index is 0.00000225. The predicted octanol–water partition coefficient (Wildman–Crippen LogP) is 2.72. The standard InChI is InChI=1S/C19H23N3O2.ClH/c1-24-16-6-4-5-15(13-16)18(17-7-2-3-10-21-17)22-19(23)14-8-11-20-12-9-14;/h2-7,10,13-14,18,20H,8-9,11-12H2,1H3,(H,22,23);1H. The van der Waals surface area contributed by atoms with Crippen LogP contribution >= 0.6 is 12.4 Å². The van der Waals surface area contributed by atoms with Gasteiger partial charge in [0.15, 0.2) is 0 Å². The second-order valence-electron chi connectivity index (χ2n) is 6.00. The van der Waals surface area contributed by atoms with E-state index in [1.54, 1.807) is 13.3 Å². The maximum absolute atomic E-state index is 12.7. The van der Waals surface area contributed by atoms with Crippen LogP contribution in [-0.4, -0.2) is 31.1 Å². The van der Waals surface area contributed by atoms with E-state index in [0.717, 1.165) is 42.9 Å². The zero-order chi connectivity index (χ0) is 16.8. The summed E-state index contributed by atoms with van der Waals surface area (Å²) in [6, 6.07) is 13.2. The first-order valence-corrected chi connectivity index (χ1v) is 8.34. The third-order valence-electron chi connectivity index (χ3n) is 4.41. The van der Waals surface area contributed by atoms with Gasteiger partial charge in [0, 0.05) is 12.1 Å². The van der Waals surface area contributed by atoms with Crippen LogP contribution in [0.15, 0.2) is 48.7 Å². The fraction of sp³-hybridized carbons (Fsp3) is 0.368. The number of aromatic nitrogens is 1. The summed E-state index contributed by atoms with van der Waals surface area (Å²) in [5.74, 6) is 0.919. The number of nitrogens with zero attached hydrogens (tertiary/aromatic N) is 1. The van der Waals surface area contributed by atoms with Crippen molar-refractivity contribution in [3.8, 4) is 5.75 Å². The maximum Gasteiger partial charge on any atom is 0.224 e. The van der Waals surface area contributed by atoms with Crippen molar-refractivity contribution in [1.29, 1.82) is 0 Å². The number of piperidine rings is 1. The van der Waals surface area contributed by atoms with Gasteiger partial charge in [0.1, 0.15) is 5.75 Å². The normalized spacial score (nSPS) is 15.7. The lowest BCUT2D eigenvalue weighted by Gasteiger charge is -2.25. The number of amides is 1. The molecule has 5 nitrogen and oxygen atoms in total. The molecule has 0 radical (unpaired) electrons. The summed E-state index contributed by atoms with van der Waals surface area (Å²) in [7, 11) is 1.64. The number of ether oxygens (including phenoxy) is 1. The van der Waals surface area contributed by atoms with Gasteiger partial charge in [-0.2, -0.15) is 0 Å². The van der Waals surface area contributed by atoms with E-state index in [2.05, 4.69) is 15.6 Å². The minimum atomic E-state index is -0.274. The molecule has 2 aromatic rings. The van der Waals surface area contributed by atoms with Crippen molar-refractivity contribution in [1.82, 2.24) is 15.6 Å². The average molecular weight is 362 g/mol. The number of nitrogens with one attached hydrogen (secondary N) is 2. The monoisotopic (exact) mass is 361 g/mol. The lowest BCUT2D eigenvalue weighted by Crippen LogP contribution is -2.40. The molecule has 25 heavy (non-hydrogen) atoms. The van der Waals surface area contributed by atoms with Crippen molar-refractivity contribution in [2.75, 3.05) is 20.2 Å². The molecule has 0 saturated carbocycles. The molecule has 1 amide bonds. The number of carbonyl (C=O) groups is 1. The molecule has 0 spiro atoms. The highest BCUT2D eigenvalue weighted by atomic mass is 35.5. The Kier molecular flexibility index (Phi) is 7.22. The Morgan fingerprint density at radius 1 is 1.24 bits per heavy atom. The van der Waals surface area contributed by atoms with Gasteiger partial charge in [0.2, 0.25) is 5.91 Å². The van der Waals surface area contributed by atoms with Crippen LogP contribution in [0.3, 0.4) is 0 Å². The predicted molar refractivity (Wildman–Crippen MR) is 100 cm³/mol. The number of hydrogen-bond donors (Lipinski definition) is 2. The van der Waals surface area contributed by atoms with Gasteiger partial charge in [0.25, 0.3) is 0 Å². The van der Waals surface area contributed by atoms with Gasteiger partial charge in [0.05, 0.1) is 18.8 Å². The Labute approximate surface area is 154 Å². The van der Waals surface area contributed by atoms with Crippen LogP contribution in [0.5, 0.6) is 5.75 Å². The van der Waals surface area contributed by atoms with Crippen molar-refractivity contribution in [3.05, 3.63) is 59.9 Å². The number of methoxy groups -OCH3 is 1. The van der Waals surface area contributed by atoms with E-state index >= 15 is 0 Å². The highest BCUT2D eigenvalue weighted by Crippen LogP contribution is 2.25. The minimum absolute atomic E-state index is 0. The molecule has 1 saturated heterocycles. The first-order chi connectivity index (χ1) is 11.8. The fourth-order valence-electron chi connectivity index (χ4n) is 3.04. The van der Waals surface area contributed by atoms with Crippen LogP contribution in [0.2, 0.25) is 0 Å².